The van der Waals surface area contributed by atoms with E-state index in [9.17, 15) is 18.0 Å². The van der Waals surface area contributed by atoms with Crippen LogP contribution in [0.2, 0.25) is 0 Å². The minimum absolute atomic E-state index is 0.0833. The van der Waals surface area contributed by atoms with Crippen molar-refractivity contribution in [3.05, 3.63) is 29.8 Å². The topological polar surface area (TPSA) is 41.6 Å². The minimum Gasteiger partial charge on any atom is -0.490 e. The monoisotopic (exact) mass is 414 g/mol. The van der Waals surface area contributed by atoms with Crippen molar-refractivity contribution in [2.75, 3.05) is 13.1 Å². The molecule has 0 spiro atoms. The molecule has 116 valence electrons. The molecule has 0 radical (unpaired) electrons. The maximum absolute atomic E-state index is 12.4. The summed E-state index contributed by atoms with van der Waals surface area (Å²) in [5.74, 6) is 0.416. The standard InChI is InChI=1S/C13H14F3IN2O2/c14-13(15,16)9-1-3-10(4-2-9)21-11-5-7-19(8-6-11)12(20)18-17/h1-4,11H,5-8H2,(H,18,20). The summed E-state index contributed by atoms with van der Waals surface area (Å²) in [6.07, 6.45) is -3.10. The molecular formula is C13H14F3IN2O2. The van der Waals surface area contributed by atoms with Crippen LogP contribution in [0, 0.1) is 0 Å². The molecule has 0 aliphatic carbocycles. The zero-order chi connectivity index (χ0) is 15.5. The van der Waals surface area contributed by atoms with E-state index in [2.05, 4.69) is 3.53 Å². The minimum atomic E-state index is -4.34. The van der Waals surface area contributed by atoms with E-state index in [0.29, 0.717) is 31.7 Å². The van der Waals surface area contributed by atoms with Gasteiger partial charge < -0.3 is 9.64 Å². The summed E-state index contributed by atoms with van der Waals surface area (Å²) in [5, 5.41) is 0. The smallest absolute Gasteiger partial charge is 0.416 e. The largest absolute Gasteiger partial charge is 0.490 e. The zero-order valence-electron chi connectivity index (χ0n) is 11.0. The van der Waals surface area contributed by atoms with Gasteiger partial charge in [0.25, 0.3) is 0 Å². The number of hydrogen-bond acceptors (Lipinski definition) is 2. The Morgan fingerprint density at radius 2 is 1.81 bits per heavy atom. The van der Waals surface area contributed by atoms with Gasteiger partial charge in [0.15, 0.2) is 0 Å². The Kier molecular flexibility index (Phi) is 5.17. The van der Waals surface area contributed by atoms with Crippen LogP contribution in [0.5, 0.6) is 5.75 Å². The number of nitrogens with zero attached hydrogens (tertiary/aromatic N) is 1. The molecule has 1 aliphatic rings. The van der Waals surface area contributed by atoms with E-state index >= 15 is 0 Å². The lowest BCUT2D eigenvalue weighted by Crippen LogP contribution is -2.44. The second-order valence-corrected chi connectivity index (χ2v) is 5.27. The highest BCUT2D eigenvalue weighted by molar-refractivity contribution is 14.1. The normalized spacial score (nSPS) is 16.7. The Balaban J connectivity index is 1.88. The maximum atomic E-state index is 12.4. The van der Waals surface area contributed by atoms with Crippen LogP contribution in [0.3, 0.4) is 0 Å². The summed E-state index contributed by atoms with van der Waals surface area (Å²) in [5.41, 5.74) is -0.691. The van der Waals surface area contributed by atoms with Crippen LogP contribution in [0.1, 0.15) is 18.4 Å². The number of benzene rings is 1. The highest BCUT2D eigenvalue weighted by Crippen LogP contribution is 2.30. The fraction of sp³-hybridized carbons (Fsp3) is 0.462. The lowest BCUT2D eigenvalue weighted by molar-refractivity contribution is -0.137. The molecule has 0 aromatic heterocycles. The number of urea groups is 1. The van der Waals surface area contributed by atoms with Gasteiger partial charge in [-0.25, -0.2) is 4.79 Å². The van der Waals surface area contributed by atoms with E-state index in [-0.39, 0.29) is 12.1 Å². The quantitative estimate of drug-likeness (QED) is 0.594. The summed E-state index contributed by atoms with van der Waals surface area (Å²) in [7, 11) is 0. The van der Waals surface area contributed by atoms with Crippen molar-refractivity contribution in [1.82, 2.24) is 8.43 Å². The number of nitrogens with one attached hydrogen (secondary N) is 1. The van der Waals surface area contributed by atoms with E-state index in [4.69, 9.17) is 4.74 Å². The molecule has 0 unspecified atom stereocenters. The summed E-state index contributed by atoms with van der Waals surface area (Å²) < 4.78 is 45.5. The molecule has 2 amide bonds. The Morgan fingerprint density at radius 3 is 2.29 bits per heavy atom. The first-order valence-electron chi connectivity index (χ1n) is 6.39. The van der Waals surface area contributed by atoms with Crippen LogP contribution in [-0.2, 0) is 6.18 Å². The first kappa shape index (κ1) is 16.2. The Hall–Kier alpha value is -1.19. The second kappa shape index (κ2) is 6.71. The van der Waals surface area contributed by atoms with Gasteiger partial charge in [-0.15, -0.1) is 0 Å². The van der Waals surface area contributed by atoms with E-state index in [1.807, 2.05) is 0 Å². The lowest BCUT2D eigenvalue weighted by atomic mass is 10.1. The molecule has 0 saturated carbocycles. The summed E-state index contributed by atoms with van der Waals surface area (Å²) >= 11 is 1.78. The van der Waals surface area contributed by atoms with Crippen LogP contribution in [-0.4, -0.2) is 30.1 Å². The summed E-state index contributed by atoms with van der Waals surface area (Å²) in [4.78, 5) is 13.1. The molecule has 8 heteroatoms. The van der Waals surface area contributed by atoms with Gasteiger partial charge in [0.1, 0.15) is 11.9 Å². The van der Waals surface area contributed by atoms with Crippen molar-refractivity contribution in [3.63, 3.8) is 0 Å². The van der Waals surface area contributed by atoms with Gasteiger partial charge >= 0.3 is 12.2 Å². The molecule has 1 saturated heterocycles. The van der Waals surface area contributed by atoms with E-state index in [1.54, 1.807) is 27.8 Å². The van der Waals surface area contributed by atoms with Crippen LogP contribution in [0.25, 0.3) is 0 Å². The molecule has 1 heterocycles. The molecular weight excluding hydrogens is 400 g/mol. The average molecular weight is 414 g/mol. The molecule has 21 heavy (non-hydrogen) atoms. The Morgan fingerprint density at radius 1 is 1.24 bits per heavy atom. The fourth-order valence-corrected chi connectivity index (χ4v) is 2.49. The SMILES string of the molecule is O=C(NI)N1CCC(Oc2ccc(C(F)(F)F)cc2)CC1. The number of ether oxygens (including phenoxy) is 1. The molecule has 1 aromatic carbocycles. The van der Waals surface area contributed by atoms with Crippen molar-refractivity contribution >= 4 is 28.9 Å². The number of alkyl halides is 3. The third kappa shape index (κ3) is 4.39. The highest BCUT2D eigenvalue weighted by atomic mass is 127. The Labute approximate surface area is 134 Å². The second-order valence-electron chi connectivity index (χ2n) is 4.73. The number of carbonyl (C=O) groups is 1. The van der Waals surface area contributed by atoms with Gasteiger partial charge in [-0.1, -0.05) is 0 Å². The van der Waals surface area contributed by atoms with E-state index < -0.39 is 11.7 Å². The lowest BCUT2D eigenvalue weighted by Gasteiger charge is -2.31. The molecule has 0 bridgehead atoms. The van der Waals surface area contributed by atoms with Crippen molar-refractivity contribution in [2.45, 2.75) is 25.1 Å². The van der Waals surface area contributed by atoms with Crippen molar-refractivity contribution in [3.8, 4) is 5.75 Å². The third-order valence-corrected chi connectivity index (χ3v) is 3.76. The van der Waals surface area contributed by atoms with Crippen LogP contribution in [0.15, 0.2) is 24.3 Å². The van der Waals surface area contributed by atoms with Crippen LogP contribution in [0.4, 0.5) is 18.0 Å². The number of rotatable bonds is 2. The molecule has 1 aromatic rings. The van der Waals surface area contributed by atoms with Gasteiger partial charge in [-0.3, -0.25) is 3.53 Å². The zero-order valence-corrected chi connectivity index (χ0v) is 13.1. The average Bonchev–Trinajstić information content (AvgIpc) is 2.47. The number of hydrogen-bond donors (Lipinski definition) is 1. The predicted octanol–water partition coefficient (Wildman–Crippen LogP) is 3.61. The number of carbonyl (C=O) groups excluding carboxylic acids is 1. The first-order chi connectivity index (χ1) is 9.90. The highest BCUT2D eigenvalue weighted by Gasteiger charge is 2.30. The molecule has 1 fully saturated rings. The van der Waals surface area contributed by atoms with Crippen molar-refractivity contribution in [1.29, 1.82) is 0 Å². The summed E-state index contributed by atoms with van der Waals surface area (Å²) in [6.45, 7) is 1.14. The van der Waals surface area contributed by atoms with Crippen LogP contribution >= 0.6 is 22.9 Å². The van der Waals surface area contributed by atoms with Gasteiger partial charge in [-0.2, -0.15) is 13.2 Å². The molecule has 1 N–H and O–H groups in total. The Bertz CT molecular complexity index is 485. The fourth-order valence-electron chi connectivity index (χ4n) is 2.15. The maximum Gasteiger partial charge on any atom is 0.416 e. The molecule has 1 aliphatic heterocycles. The molecule has 0 atom stereocenters. The van der Waals surface area contributed by atoms with Crippen molar-refractivity contribution < 1.29 is 22.7 Å². The molecule has 2 rings (SSSR count). The summed E-state index contributed by atoms with van der Waals surface area (Å²) in [6, 6.07) is 4.53. The predicted molar refractivity (Wildman–Crippen MR) is 79.2 cm³/mol. The number of likely N-dealkylation sites (tertiary alicyclic amines) is 1. The molecule has 4 nitrogen and oxygen atoms in total. The first-order valence-corrected chi connectivity index (χ1v) is 7.47. The van der Waals surface area contributed by atoms with Gasteiger partial charge in [0.05, 0.1) is 28.4 Å². The number of piperidine rings is 1. The third-order valence-electron chi connectivity index (χ3n) is 3.29. The number of amides is 2. The number of halogens is 4. The van der Waals surface area contributed by atoms with Crippen molar-refractivity contribution in [2.24, 2.45) is 0 Å². The van der Waals surface area contributed by atoms with E-state index in [0.717, 1.165) is 12.1 Å². The van der Waals surface area contributed by atoms with Crippen LogP contribution < -0.4 is 8.27 Å². The van der Waals surface area contributed by atoms with Gasteiger partial charge in [0.2, 0.25) is 0 Å². The van der Waals surface area contributed by atoms with Gasteiger partial charge in [0, 0.05) is 25.9 Å². The van der Waals surface area contributed by atoms with Gasteiger partial charge in [-0.05, 0) is 24.3 Å². The van der Waals surface area contributed by atoms with E-state index in [1.165, 1.54) is 12.1 Å².